The van der Waals surface area contributed by atoms with Crippen LogP contribution in [-0.4, -0.2) is 0 Å². The number of nitrogens with two attached hydrogens (primary N) is 1. The standard InChI is InChI=1S/C11H7Cl4NS/c12-5-1-2-8(13)6(3-5)10(16)7-4-9(14)17-11(7)15/h1-4,10H,16H2. The van der Waals surface area contributed by atoms with Gasteiger partial charge in [-0.15, -0.1) is 11.3 Å². The molecule has 90 valence electrons. The maximum atomic E-state index is 6.12. The van der Waals surface area contributed by atoms with E-state index in [1.54, 1.807) is 24.3 Å². The second-order valence-electron chi connectivity index (χ2n) is 3.42. The first kappa shape index (κ1) is 13.5. The molecule has 2 rings (SSSR count). The quantitative estimate of drug-likeness (QED) is 0.784. The average Bonchev–Trinajstić information content (AvgIpc) is 2.60. The summed E-state index contributed by atoms with van der Waals surface area (Å²) < 4.78 is 1.16. The third kappa shape index (κ3) is 2.90. The van der Waals surface area contributed by atoms with E-state index in [4.69, 9.17) is 52.1 Å². The zero-order chi connectivity index (χ0) is 12.6. The molecule has 0 aliphatic heterocycles. The fourth-order valence-corrected chi connectivity index (χ4v) is 3.45. The molecule has 1 aromatic carbocycles. The molecule has 0 bridgehead atoms. The van der Waals surface area contributed by atoms with Gasteiger partial charge in [0.05, 0.1) is 14.7 Å². The fourth-order valence-electron chi connectivity index (χ4n) is 1.49. The number of thiophene rings is 1. The molecular weight excluding hydrogens is 320 g/mol. The summed E-state index contributed by atoms with van der Waals surface area (Å²) in [5.74, 6) is 0. The highest BCUT2D eigenvalue weighted by Gasteiger charge is 2.18. The lowest BCUT2D eigenvalue weighted by Crippen LogP contribution is -2.11. The molecule has 0 saturated heterocycles. The Kier molecular flexibility index (Phi) is 4.24. The second-order valence-corrected chi connectivity index (χ2v) is 6.55. The molecule has 0 aliphatic carbocycles. The highest BCUT2D eigenvalue weighted by Crippen LogP contribution is 2.38. The summed E-state index contributed by atoms with van der Waals surface area (Å²) in [4.78, 5) is 0. The van der Waals surface area contributed by atoms with E-state index >= 15 is 0 Å². The van der Waals surface area contributed by atoms with Gasteiger partial charge in [0.15, 0.2) is 0 Å². The average molecular weight is 327 g/mol. The fraction of sp³-hybridized carbons (Fsp3) is 0.0909. The Hall–Kier alpha value is 0.0400. The molecule has 1 nitrogen and oxygen atoms in total. The summed E-state index contributed by atoms with van der Waals surface area (Å²) in [5.41, 5.74) is 7.61. The molecule has 0 fully saturated rings. The van der Waals surface area contributed by atoms with Crippen molar-refractivity contribution in [1.82, 2.24) is 0 Å². The number of hydrogen-bond acceptors (Lipinski definition) is 2. The van der Waals surface area contributed by atoms with Crippen molar-refractivity contribution in [2.45, 2.75) is 6.04 Å². The van der Waals surface area contributed by atoms with Crippen LogP contribution in [0.4, 0.5) is 0 Å². The zero-order valence-corrected chi connectivity index (χ0v) is 12.2. The third-order valence-electron chi connectivity index (χ3n) is 2.31. The summed E-state index contributed by atoms with van der Waals surface area (Å²) in [6.07, 6.45) is 0. The third-order valence-corrected chi connectivity index (χ3v) is 4.41. The SMILES string of the molecule is NC(c1cc(Cl)ccc1Cl)c1cc(Cl)sc1Cl. The minimum Gasteiger partial charge on any atom is -0.320 e. The van der Waals surface area contributed by atoms with E-state index in [9.17, 15) is 0 Å². The number of halogens is 4. The van der Waals surface area contributed by atoms with Gasteiger partial charge in [0.2, 0.25) is 0 Å². The lowest BCUT2D eigenvalue weighted by Gasteiger charge is -2.13. The second kappa shape index (κ2) is 5.35. The topological polar surface area (TPSA) is 26.0 Å². The zero-order valence-electron chi connectivity index (χ0n) is 8.38. The van der Waals surface area contributed by atoms with Crippen LogP contribution >= 0.6 is 57.7 Å². The Labute approximate surface area is 123 Å². The predicted octanol–water partition coefficient (Wildman–Crippen LogP) is 5.41. The van der Waals surface area contributed by atoms with Gasteiger partial charge in [-0.05, 0) is 29.8 Å². The van der Waals surface area contributed by atoms with E-state index < -0.39 is 6.04 Å². The predicted molar refractivity (Wildman–Crippen MR) is 76.8 cm³/mol. The van der Waals surface area contributed by atoms with Crippen molar-refractivity contribution in [3.05, 3.63) is 54.1 Å². The van der Waals surface area contributed by atoms with Crippen molar-refractivity contribution in [3.8, 4) is 0 Å². The van der Waals surface area contributed by atoms with E-state index in [0.29, 0.717) is 18.7 Å². The highest BCUT2D eigenvalue weighted by molar-refractivity contribution is 7.20. The molecule has 0 radical (unpaired) electrons. The summed E-state index contributed by atoms with van der Waals surface area (Å²) in [6.45, 7) is 0. The van der Waals surface area contributed by atoms with Gasteiger partial charge >= 0.3 is 0 Å². The van der Waals surface area contributed by atoms with Gasteiger partial charge in [0, 0.05) is 15.6 Å². The van der Waals surface area contributed by atoms with E-state index in [-0.39, 0.29) is 0 Å². The monoisotopic (exact) mass is 325 g/mol. The van der Waals surface area contributed by atoms with Crippen LogP contribution in [-0.2, 0) is 0 Å². The molecule has 0 spiro atoms. The van der Waals surface area contributed by atoms with Crippen molar-refractivity contribution >= 4 is 57.7 Å². The van der Waals surface area contributed by atoms with Gasteiger partial charge in [-0.1, -0.05) is 46.4 Å². The summed E-state index contributed by atoms with van der Waals surface area (Å²) in [7, 11) is 0. The van der Waals surface area contributed by atoms with E-state index in [2.05, 4.69) is 0 Å². The van der Waals surface area contributed by atoms with E-state index in [1.807, 2.05) is 0 Å². The molecule has 1 aromatic heterocycles. The molecule has 2 N–H and O–H groups in total. The van der Waals surface area contributed by atoms with Crippen LogP contribution in [0.3, 0.4) is 0 Å². The Morgan fingerprint density at radius 1 is 1.00 bits per heavy atom. The highest BCUT2D eigenvalue weighted by atomic mass is 35.5. The minimum atomic E-state index is -0.433. The summed E-state index contributed by atoms with van der Waals surface area (Å²) in [5, 5.41) is 1.14. The van der Waals surface area contributed by atoms with Gasteiger partial charge in [0.1, 0.15) is 0 Å². The van der Waals surface area contributed by atoms with Crippen molar-refractivity contribution in [1.29, 1.82) is 0 Å². The van der Waals surface area contributed by atoms with Crippen LogP contribution in [0.25, 0.3) is 0 Å². The van der Waals surface area contributed by atoms with Crippen LogP contribution in [0.2, 0.25) is 18.7 Å². The van der Waals surface area contributed by atoms with Gasteiger partial charge in [0.25, 0.3) is 0 Å². The van der Waals surface area contributed by atoms with Gasteiger partial charge in [-0.2, -0.15) is 0 Å². The first-order valence-electron chi connectivity index (χ1n) is 4.64. The van der Waals surface area contributed by atoms with Gasteiger partial charge < -0.3 is 5.73 Å². The van der Waals surface area contributed by atoms with Gasteiger partial charge in [-0.3, -0.25) is 0 Å². The van der Waals surface area contributed by atoms with E-state index in [1.165, 1.54) is 11.3 Å². The molecule has 6 heteroatoms. The van der Waals surface area contributed by atoms with Crippen molar-refractivity contribution in [3.63, 3.8) is 0 Å². The lowest BCUT2D eigenvalue weighted by atomic mass is 10.0. The van der Waals surface area contributed by atoms with Crippen LogP contribution in [0, 0.1) is 0 Å². The van der Waals surface area contributed by atoms with Crippen molar-refractivity contribution < 1.29 is 0 Å². The first-order chi connectivity index (χ1) is 7.99. The van der Waals surface area contributed by atoms with Crippen LogP contribution in [0.5, 0.6) is 0 Å². The van der Waals surface area contributed by atoms with Crippen molar-refractivity contribution in [2.75, 3.05) is 0 Å². The Morgan fingerprint density at radius 3 is 2.29 bits per heavy atom. The molecule has 1 atom stereocenters. The smallest absolute Gasteiger partial charge is 0.0995 e. The molecule has 0 aliphatic rings. The summed E-state index contributed by atoms with van der Waals surface area (Å²) in [6, 6.07) is 6.47. The number of hydrogen-bond donors (Lipinski definition) is 1. The maximum absolute atomic E-state index is 6.12. The number of rotatable bonds is 2. The number of benzene rings is 1. The molecule has 1 heterocycles. The lowest BCUT2D eigenvalue weighted by molar-refractivity contribution is 0.877. The summed E-state index contributed by atoms with van der Waals surface area (Å²) >= 11 is 25.2. The van der Waals surface area contributed by atoms with Crippen LogP contribution < -0.4 is 5.73 Å². The minimum absolute atomic E-state index is 0.433. The van der Waals surface area contributed by atoms with Crippen LogP contribution in [0.15, 0.2) is 24.3 Å². The Balaban J connectivity index is 2.46. The van der Waals surface area contributed by atoms with Crippen molar-refractivity contribution in [2.24, 2.45) is 5.73 Å². The molecule has 17 heavy (non-hydrogen) atoms. The Morgan fingerprint density at radius 2 is 1.71 bits per heavy atom. The maximum Gasteiger partial charge on any atom is 0.0995 e. The molecule has 1 unspecified atom stereocenters. The molecule has 0 amide bonds. The Bertz CT molecular complexity index is 552. The largest absolute Gasteiger partial charge is 0.320 e. The normalized spacial score (nSPS) is 12.8. The van der Waals surface area contributed by atoms with Crippen LogP contribution in [0.1, 0.15) is 17.2 Å². The van der Waals surface area contributed by atoms with Gasteiger partial charge in [-0.25, -0.2) is 0 Å². The first-order valence-corrected chi connectivity index (χ1v) is 6.97. The molecular formula is C11H7Cl4NS. The molecule has 0 saturated carbocycles. The van der Waals surface area contributed by atoms with E-state index in [0.717, 1.165) is 11.1 Å². The molecule has 2 aromatic rings.